The van der Waals surface area contributed by atoms with Crippen molar-refractivity contribution in [3.63, 3.8) is 0 Å². The van der Waals surface area contributed by atoms with Crippen LogP contribution in [0, 0.1) is 5.92 Å². The van der Waals surface area contributed by atoms with E-state index < -0.39 is 0 Å². The minimum absolute atomic E-state index is 0.0775. The van der Waals surface area contributed by atoms with Crippen molar-refractivity contribution >= 4 is 41.0 Å². The summed E-state index contributed by atoms with van der Waals surface area (Å²) in [6, 6.07) is 7.92. The number of nitrogens with zero attached hydrogens (tertiary/aromatic N) is 6. The number of fused-ring (bicyclic) bond motifs is 1. The minimum Gasteiger partial charge on any atom is -0.454 e. The molecule has 1 aromatic carbocycles. The highest BCUT2D eigenvalue weighted by molar-refractivity contribution is 7.99. The summed E-state index contributed by atoms with van der Waals surface area (Å²) >= 11 is 7.66. The Balaban J connectivity index is 0.983. The van der Waals surface area contributed by atoms with E-state index in [4.69, 9.17) is 26.1 Å². The van der Waals surface area contributed by atoms with Gasteiger partial charge in [0.25, 0.3) is 0 Å². The fourth-order valence-electron chi connectivity index (χ4n) is 5.34. The van der Waals surface area contributed by atoms with E-state index in [1.54, 1.807) is 6.07 Å². The van der Waals surface area contributed by atoms with Gasteiger partial charge in [0.05, 0.1) is 5.75 Å². The molecular weight excluding hydrogens is 540 g/mol. The number of ether oxygens (including phenoxy) is 2. The van der Waals surface area contributed by atoms with E-state index >= 15 is 0 Å². The molecular formula is C27H33ClN6O4S. The first kappa shape index (κ1) is 26.5. The molecule has 0 N–H and O–H groups in total. The summed E-state index contributed by atoms with van der Waals surface area (Å²) in [4.78, 5) is 43.0. The highest BCUT2D eigenvalue weighted by atomic mass is 35.5. The van der Waals surface area contributed by atoms with Crippen LogP contribution in [0.3, 0.4) is 0 Å². The Morgan fingerprint density at radius 1 is 1.03 bits per heavy atom. The van der Waals surface area contributed by atoms with Gasteiger partial charge in [0.2, 0.25) is 18.6 Å². The number of piperazine rings is 2. The van der Waals surface area contributed by atoms with Gasteiger partial charge < -0.3 is 24.2 Å². The molecule has 0 radical (unpaired) electrons. The van der Waals surface area contributed by atoms with E-state index in [2.05, 4.69) is 27.8 Å². The molecule has 3 fully saturated rings. The molecule has 39 heavy (non-hydrogen) atoms. The van der Waals surface area contributed by atoms with E-state index in [0.29, 0.717) is 43.0 Å². The maximum absolute atomic E-state index is 13.0. The molecule has 12 heteroatoms. The average molecular weight is 573 g/mol. The van der Waals surface area contributed by atoms with Gasteiger partial charge in [-0.25, -0.2) is 9.97 Å². The normalized spacial score (nSPS) is 21.4. The van der Waals surface area contributed by atoms with Crippen LogP contribution in [0.25, 0.3) is 0 Å². The van der Waals surface area contributed by atoms with E-state index in [9.17, 15) is 9.59 Å². The van der Waals surface area contributed by atoms with Gasteiger partial charge >= 0.3 is 0 Å². The van der Waals surface area contributed by atoms with Crippen LogP contribution < -0.4 is 14.4 Å². The van der Waals surface area contributed by atoms with Crippen molar-refractivity contribution in [2.75, 3.05) is 63.3 Å². The molecule has 6 rings (SSSR count). The zero-order valence-electron chi connectivity index (χ0n) is 22.1. The topological polar surface area (TPSA) is 91.3 Å². The standard InChI is InChI=1S/C27H33ClN6O4S/c1-18-14-33(10-11-34(18)26(36)20-3-4-20)24-13-23(28)29-27(30-24)39-16-25(35)32-8-6-31(7-9-32)15-19-2-5-21-22(12-19)38-17-37-21/h2,5,12-13,18,20H,3-4,6-11,14-17H2,1H3. The first-order valence-corrected chi connectivity index (χ1v) is 14.9. The molecule has 208 valence electrons. The number of hydrogen-bond acceptors (Lipinski definition) is 9. The third kappa shape index (κ3) is 6.20. The maximum Gasteiger partial charge on any atom is 0.233 e. The van der Waals surface area contributed by atoms with Gasteiger partial charge in [-0.15, -0.1) is 0 Å². The van der Waals surface area contributed by atoms with Crippen LogP contribution in [0.15, 0.2) is 29.4 Å². The number of amides is 2. The molecule has 1 saturated carbocycles. The number of carbonyl (C=O) groups excluding carboxylic acids is 2. The summed E-state index contributed by atoms with van der Waals surface area (Å²) in [6.07, 6.45) is 2.03. The second kappa shape index (κ2) is 11.4. The lowest BCUT2D eigenvalue weighted by atomic mass is 10.1. The summed E-state index contributed by atoms with van der Waals surface area (Å²) < 4.78 is 10.9. The quantitative estimate of drug-likeness (QED) is 0.282. The number of rotatable bonds is 7. The number of thioether (sulfide) groups is 1. The summed E-state index contributed by atoms with van der Waals surface area (Å²) in [7, 11) is 0. The number of hydrogen-bond donors (Lipinski definition) is 0. The Morgan fingerprint density at radius 2 is 1.82 bits per heavy atom. The molecule has 1 unspecified atom stereocenters. The van der Waals surface area contributed by atoms with Crippen LogP contribution in [0.2, 0.25) is 5.15 Å². The summed E-state index contributed by atoms with van der Waals surface area (Å²) in [5.41, 5.74) is 1.17. The Bertz CT molecular complexity index is 1240. The molecule has 4 aliphatic rings. The number of aromatic nitrogens is 2. The highest BCUT2D eigenvalue weighted by Crippen LogP contribution is 2.34. The molecule has 4 heterocycles. The van der Waals surface area contributed by atoms with Gasteiger partial charge in [-0.2, -0.15) is 0 Å². The van der Waals surface area contributed by atoms with E-state index in [1.165, 1.54) is 17.3 Å². The zero-order chi connectivity index (χ0) is 26.9. The molecule has 2 aromatic rings. The third-order valence-corrected chi connectivity index (χ3v) is 8.74. The number of benzene rings is 1. The Labute approximate surface area is 237 Å². The Hall–Kier alpha value is -2.76. The summed E-state index contributed by atoms with van der Waals surface area (Å²) in [6.45, 7) is 8.26. The SMILES string of the molecule is CC1CN(c2cc(Cl)nc(SCC(=O)N3CCN(Cc4ccc5c(c4)OCO5)CC3)n2)CCN1C(=O)C1CC1. The first-order chi connectivity index (χ1) is 18.9. The average Bonchev–Trinajstić information content (AvgIpc) is 3.69. The Kier molecular flexibility index (Phi) is 7.72. The van der Waals surface area contributed by atoms with Crippen molar-refractivity contribution in [3.8, 4) is 11.5 Å². The lowest BCUT2D eigenvalue weighted by molar-refractivity contribution is -0.135. The first-order valence-electron chi connectivity index (χ1n) is 13.5. The van der Waals surface area contributed by atoms with E-state index in [0.717, 1.165) is 49.8 Å². The van der Waals surface area contributed by atoms with Crippen molar-refractivity contribution in [1.29, 1.82) is 0 Å². The van der Waals surface area contributed by atoms with Gasteiger partial charge in [0.1, 0.15) is 11.0 Å². The van der Waals surface area contributed by atoms with Gasteiger partial charge in [-0.3, -0.25) is 14.5 Å². The third-order valence-electron chi connectivity index (χ3n) is 7.71. The molecule has 1 aromatic heterocycles. The van der Waals surface area contributed by atoms with Gasteiger partial charge in [-0.05, 0) is 37.5 Å². The lowest BCUT2D eigenvalue weighted by Gasteiger charge is -2.40. The number of halogens is 1. The van der Waals surface area contributed by atoms with Crippen molar-refractivity contribution in [1.82, 2.24) is 24.7 Å². The second-order valence-corrected chi connectivity index (χ2v) is 11.9. The monoisotopic (exact) mass is 572 g/mol. The predicted molar refractivity (Wildman–Crippen MR) is 148 cm³/mol. The fourth-order valence-corrected chi connectivity index (χ4v) is 6.32. The van der Waals surface area contributed by atoms with Crippen LogP contribution in [0.4, 0.5) is 5.82 Å². The molecule has 0 bridgehead atoms. The van der Waals surface area contributed by atoms with Crippen LogP contribution in [-0.2, 0) is 16.1 Å². The minimum atomic E-state index is 0.0775. The van der Waals surface area contributed by atoms with Gasteiger partial charge in [-0.1, -0.05) is 29.4 Å². The fraction of sp³-hybridized carbons (Fsp3) is 0.556. The van der Waals surface area contributed by atoms with Crippen LogP contribution in [0.5, 0.6) is 11.5 Å². The van der Waals surface area contributed by atoms with Crippen molar-refractivity contribution in [2.24, 2.45) is 5.92 Å². The number of carbonyl (C=O) groups is 2. The van der Waals surface area contributed by atoms with E-state index in [1.807, 2.05) is 21.9 Å². The molecule has 1 aliphatic carbocycles. The molecule has 2 amide bonds. The van der Waals surface area contributed by atoms with Crippen LogP contribution in [-0.4, -0.2) is 101 Å². The Morgan fingerprint density at radius 3 is 2.59 bits per heavy atom. The zero-order valence-corrected chi connectivity index (χ0v) is 23.6. The van der Waals surface area contributed by atoms with Crippen LogP contribution >= 0.6 is 23.4 Å². The maximum atomic E-state index is 13.0. The molecule has 0 spiro atoms. The summed E-state index contributed by atoms with van der Waals surface area (Å²) in [5, 5.41) is 0.854. The smallest absolute Gasteiger partial charge is 0.233 e. The second-order valence-electron chi connectivity index (χ2n) is 10.6. The predicted octanol–water partition coefficient (Wildman–Crippen LogP) is 2.74. The largest absolute Gasteiger partial charge is 0.454 e. The van der Waals surface area contributed by atoms with Crippen LogP contribution in [0.1, 0.15) is 25.3 Å². The summed E-state index contributed by atoms with van der Waals surface area (Å²) in [5.74, 6) is 3.19. The highest BCUT2D eigenvalue weighted by Gasteiger charge is 2.37. The molecule has 1 atom stereocenters. The van der Waals surface area contributed by atoms with Crippen molar-refractivity contribution in [3.05, 3.63) is 35.0 Å². The van der Waals surface area contributed by atoms with Gasteiger partial charge in [0.15, 0.2) is 16.7 Å². The van der Waals surface area contributed by atoms with Crippen molar-refractivity contribution in [2.45, 2.75) is 37.5 Å². The molecule has 3 aliphatic heterocycles. The lowest BCUT2D eigenvalue weighted by Crippen LogP contribution is -2.54. The van der Waals surface area contributed by atoms with E-state index in [-0.39, 0.29) is 36.3 Å². The molecule has 10 nitrogen and oxygen atoms in total. The van der Waals surface area contributed by atoms with Gasteiger partial charge in [0, 0.05) is 70.4 Å². The molecule has 2 saturated heterocycles. The number of anilines is 1. The van der Waals surface area contributed by atoms with Crippen molar-refractivity contribution < 1.29 is 19.1 Å².